The molecule has 5 nitrogen and oxygen atoms in total. The molecule has 0 spiro atoms. The third kappa shape index (κ3) is 7.31. The number of primary amides is 1. The number of amides is 3. The average Bonchev–Trinajstić information content (AvgIpc) is 2.35. The number of carbonyl (C=O) groups is 2. The van der Waals surface area contributed by atoms with Crippen molar-refractivity contribution >= 4 is 23.5 Å². The number of nitrogens with one attached hydrogen (secondary N) is 2. The van der Waals surface area contributed by atoms with Crippen LogP contribution in [0.15, 0.2) is 24.3 Å². The smallest absolute Gasteiger partial charge is 0.312 e. The minimum atomic E-state index is -0.537. The number of halogens is 1. The number of hydrogen-bond acceptors (Lipinski definition) is 2. The minimum absolute atomic E-state index is 0.0148. The highest BCUT2D eigenvalue weighted by Gasteiger charge is 2.02. The summed E-state index contributed by atoms with van der Waals surface area (Å²) in [4.78, 5) is 21.9. The van der Waals surface area contributed by atoms with Gasteiger partial charge in [0, 0.05) is 24.5 Å². The second-order valence-corrected chi connectivity index (χ2v) is 4.59. The first-order valence-electron chi connectivity index (χ1n) is 6.12. The number of rotatable bonds is 7. The molecule has 1 aromatic carbocycles. The second kappa shape index (κ2) is 8.37. The van der Waals surface area contributed by atoms with E-state index in [2.05, 4.69) is 10.6 Å². The fraction of sp³-hybridized carbons (Fsp3) is 0.385. The van der Waals surface area contributed by atoms with E-state index in [1.165, 1.54) is 0 Å². The topological polar surface area (TPSA) is 84.2 Å². The molecule has 3 amide bonds. The minimum Gasteiger partial charge on any atom is -0.352 e. The standard InChI is InChI=1S/C13H18ClN3O2/c14-11-5-3-4-10(8-11)9-17-12(18)6-1-2-7-16-13(15)19/h3-5,8H,1-2,6-7,9H2,(H,17,18)(H3,15,16,19). The van der Waals surface area contributed by atoms with Crippen molar-refractivity contribution < 1.29 is 9.59 Å². The highest BCUT2D eigenvalue weighted by Crippen LogP contribution is 2.10. The van der Waals surface area contributed by atoms with Crippen molar-refractivity contribution in [3.05, 3.63) is 34.9 Å². The molecule has 0 radical (unpaired) electrons. The number of hydrogen-bond donors (Lipinski definition) is 3. The number of unbranched alkanes of at least 4 members (excludes halogenated alkanes) is 1. The molecule has 0 saturated carbocycles. The zero-order valence-electron chi connectivity index (χ0n) is 10.6. The van der Waals surface area contributed by atoms with E-state index in [1.54, 1.807) is 6.07 Å². The molecule has 4 N–H and O–H groups in total. The number of benzene rings is 1. The largest absolute Gasteiger partial charge is 0.352 e. The van der Waals surface area contributed by atoms with Crippen LogP contribution in [-0.2, 0) is 11.3 Å². The highest BCUT2D eigenvalue weighted by atomic mass is 35.5. The number of carbonyl (C=O) groups excluding carboxylic acids is 2. The van der Waals surface area contributed by atoms with Crippen LogP contribution >= 0.6 is 11.6 Å². The summed E-state index contributed by atoms with van der Waals surface area (Å²) < 4.78 is 0. The van der Waals surface area contributed by atoms with Crippen LogP contribution in [0.4, 0.5) is 4.79 Å². The van der Waals surface area contributed by atoms with Gasteiger partial charge in [0.15, 0.2) is 0 Å². The van der Waals surface area contributed by atoms with E-state index < -0.39 is 6.03 Å². The van der Waals surface area contributed by atoms with Gasteiger partial charge in [-0.15, -0.1) is 0 Å². The maximum absolute atomic E-state index is 11.5. The van der Waals surface area contributed by atoms with Gasteiger partial charge in [0.1, 0.15) is 0 Å². The Morgan fingerprint density at radius 3 is 2.68 bits per heavy atom. The summed E-state index contributed by atoms with van der Waals surface area (Å²) in [5.74, 6) is -0.0148. The van der Waals surface area contributed by atoms with Gasteiger partial charge in [0.2, 0.25) is 5.91 Å². The Bertz CT molecular complexity index is 438. The molecule has 1 aromatic rings. The van der Waals surface area contributed by atoms with Gasteiger partial charge in [0.05, 0.1) is 0 Å². The molecular formula is C13H18ClN3O2. The van der Waals surface area contributed by atoms with Gasteiger partial charge in [0.25, 0.3) is 0 Å². The molecule has 0 aliphatic heterocycles. The van der Waals surface area contributed by atoms with Gasteiger partial charge in [-0.3, -0.25) is 4.79 Å². The van der Waals surface area contributed by atoms with Crippen LogP contribution in [0.1, 0.15) is 24.8 Å². The second-order valence-electron chi connectivity index (χ2n) is 4.15. The predicted octanol–water partition coefficient (Wildman–Crippen LogP) is 1.79. The molecule has 0 aromatic heterocycles. The Morgan fingerprint density at radius 1 is 1.21 bits per heavy atom. The van der Waals surface area contributed by atoms with E-state index >= 15 is 0 Å². The summed E-state index contributed by atoms with van der Waals surface area (Å²) in [6, 6.07) is 6.82. The van der Waals surface area contributed by atoms with Crippen molar-refractivity contribution in [2.45, 2.75) is 25.8 Å². The van der Waals surface area contributed by atoms with Gasteiger partial charge in [-0.05, 0) is 30.5 Å². The van der Waals surface area contributed by atoms with Crippen LogP contribution in [0.2, 0.25) is 5.02 Å². The van der Waals surface area contributed by atoms with E-state index in [1.807, 2.05) is 18.2 Å². The third-order valence-electron chi connectivity index (χ3n) is 2.51. The summed E-state index contributed by atoms with van der Waals surface area (Å²) in [5.41, 5.74) is 5.89. The maximum Gasteiger partial charge on any atom is 0.312 e. The molecule has 104 valence electrons. The van der Waals surface area contributed by atoms with E-state index in [0.29, 0.717) is 31.0 Å². The summed E-state index contributed by atoms with van der Waals surface area (Å²) in [6.45, 7) is 0.968. The predicted molar refractivity (Wildman–Crippen MR) is 74.7 cm³/mol. The summed E-state index contributed by atoms with van der Waals surface area (Å²) in [7, 11) is 0. The van der Waals surface area contributed by atoms with Crippen LogP contribution in [0, 0.1) is 0 Å². The first-order valence-corrected chi connectivity index (χ1v) is 6.50. The lowest BCUT2D eigenvalue weighted by Gasteiger charge is -2.06. The van der Waals surface area contributed by atoms with Crippen molar-refractivity contribution in [3.63, 3.8) is 0 Å². The number of urea groups is 1. The molecule has 0 aliphatic rings. The zero-order valence-corrected chi connectivity index (χ0v) is 11.4. The Morgan fingerprint density at radius 2 is 2.00 bits per heavy atom. The van der Waals surface area contributed by atoms with Crippen molar-refractivity contribution in [2.24, 2.45) is 5.73 Å². The molecule has 0 aliphatic carbocycles. The van der Waals surface area contributed by atoms with E-state index in [-0.39, 0.29) is 5.91 Å². The molecule has 0 saturated heterocycles. The van der Waals surface area contributed by atoms with Crippen LogP contribution in [-0.4, -0.2) is 18.5 Å². The van der Waals surface area contributed by atoms with Crippen LogP contribution in [0.5, 0.6) is 0 Å². The zero-order chi connectivity index (χ0) is 14.1. The van der Waals surface area contributed by atoms with Crippen LogP contribution < -0.4 is 16.4 Å². The highest BCUT2D eigenvalue weighted by molar-refractivity contribution is 6.30. The Balaban J connectivity index is 2.13. The monoisotopic (exact) mass is 283 g/mol. The lowest BCUT2D eigenvalue weighted by Crippen LogP contribution is -2.30. The SMILES string of the molecule is NC(=O)NCCCCC(=O)NCc1cccc(Cl)c1. The first-order chi connectivity index (χ1) is 9.08. The molecular weight excluding hydrogens is 266 g/mol. The van der Waals surface area contributed by atoms with Gasteiger partial charge in [-0.1, -0.05) is 23.7 Å². The first kappa shape index (κ1) is 15.3. The van der Waals surface area contributed by atoms with Crippen LogP contribution in [0.3, 0.4) is 0 Å². The molecule has 0 heterocycles. The summed E-state index contributed by atoms with van der Waals surface area (Å²) in [6.07, 6.45) is 1.87. The van der Waals surface area contributed by atoms with E-state index in [9.17, 15) is 9.59 Å². The Kier molecular flexibility index (Phi) is 6.74. The maximum atomic E-state index is 11.5. The third-order valence-corrected chi connectivity index (χ3v) is 2.74. The average molecular weight is 284 g/mol. The normalized spacial score (nSPS) is 9.95. The van der Waals surface area contributed by atoms with E-state index in [0.717, 1.165) is 12.0 Å². The quantitative estimate of drug-likeness (QED) is 0.667. The van der Waals surface area contributed by atoms with Gasteiger partial charge in [-0.2, -0.15) is 0 Å². The number of nitrogens with two attached hydrogens (primary N) is 1. The van der Waals surface area contributed by atoms with Gasteiger partial charge >= 0.3 is 6.03 Å². The lowest BCUT2D eigenvalue weighted by atomic mass is 10.2. The molecule has 1 rings (SSSR count). The fourth-order valence-corrected chi connectivity index (χ4v) is 1.77. The van der Waals surface area contributed by atoms with Gasteiger partial charge in [-0.25, -0.2) is 4.79 Å². The van der Waals surface area contributed by atoms with Crippen molar-refractivity contribution in [1.29, 1.82) is 0 Å². The van der Waals surface area contributed by atoms with Crippen molar-refractivity contribution in [1.82, 2.24) is 10.6 Å². The van der Waals surface area contributed by atoms with Gasteiger partial charge < -0.3 is 16.4 Å². The molecule has 0 atom stereocenters. The van der Waals surface area contributed by atoms with Crippen molar-refractivity contribution in [3.8, 4) is 0 Å². The molecule has 6 heteroatoms. The molecule has 0 fully saturated rings. The lowest BCUT2D eigenvalue weighted by molar-refractivity contribution is -0.121. The van der Waals surface area contributed by atoms with Crippen LogP contribution in [0.25, 0.3) is 0 Å². The summed E-state index contributed by atoms with van der Waals surface area (Å²) >= 11 is 5.85. The fourth-order valence-electron chi connectivity index (χ4n) is 1.56. The Labute approximate surface area is 117 Å². The van der Waals surface area contributed by atoms with Crippen molar-refractivity contribution in [2.75, 3.05) is 6.54 Å². The summed E-state index contributed by atoms with van der Waals surface area (Å²) in [5, 5.41) is 5.95. The Hall–Kier alpha value is -1.75. The molecule has 0 unspecified atom stereocenters. The molecule has 19 heavy (non-hydrogen) atoms. The van der Waals surface area contributed by atoms with E-state index in [4.69, 9.17) is 17.3 Å². The molecule has 0 bridgehead atoms.